The van der Waals surface area contributed by atoms with E-state index in [1.54, 1.807) is 0 Å². The quantitative estimate of drug-likeness (QED) is 0.570. The topological polar surface area (TPSA) is 55.4 Å². The molecular formula is C15H25NO3. The van der Waals surface area contributed by atoms with E-state index in [1.165, 1.54) is 5.57 Å². The van der Waals surface area contributed by atoms with Gasteiger partial charge in [0, 0.05) is 6.42 Å². The second-order valence-electron chi connectivity index (χ2n) is 5.58. The summed E-state index contributed by atoms with van der Waals surface area (Å²) in [6, 6.07) is -0.423. The Balaban J connectivity index is 2.10. The zero-order valence-corrected chi connectivity index (χ0v) is 12.2. The Morgan fingerprint density at radius 2 is 2.21 bits per heavy atom. The van der Waals surface area contributed by atoms with Gasteiger partial charge in [0.2, 0.25) is 5.91 Å². The SMILES string of the molecule is CC(C)=CCCC(C)CCOC(=O)[C@@H]1CCC(=O)N1. The van der Waals surface area contributed by atoms with E-state index in [9.17, 15) is 9.59 Å². The van der Waals surface area contributed by atoms with Crippen molar-refractivity contribution in [1.82, 2.24) is 5.32 Å². The summed E-state index contributed by atoms with van der Waals surface area (Å²) in [5.74, 6) is 0.195. The molecule has 0 radical (unpaired) electrons. The first-order valence-corrected chi connectivity index (χ1v) is 7.08. The zero-order valence-electron chi connectivity index (χ0n) is 12.2. The van der Waals surface area contributed by atoms with Crippen LogP contribution in [0, 0.1) is 5.92 Å². The Hall–Kier alpha value is -1.32. The van der Waals surface area contributed by atoms with Crippen LogP contribution in [0.2, 0.25) is 0 Å². The largest absolute Gasteiger partial charge is 0.464 e. The summed E-state index contributed by atoms with van der Waals surface area (Å²) >= 11 is 0. The van der Waals surface area contributed by atoms with Crippen LogP contribution < -0.4 is 5.32 Å². The Morgan fingerprint density at radius 3 is 2.79 bits per heavy atom. The fourth-order valence-electron chi connectivity index (χ4n) is 2.05. The van der Waals surface area contributed by atoms with Crippen molar-refractivity contribution >= 4 is 11.9 Å². The van der Waals surface area contributed by atoms with Crippen LogP contribution in [-0.2, 0) is 14.3 Å². The lowest BCUT2D eigenvalue weighted by atomic mass is 10.0. The average Bonchev–Trinajstić information content (AvgIpc) is 2.75. The number of carbonyl (C=O) groups is 2. The van der Waals surface area contributed by atoms with Crippen molar-refractivity contribution in [1.29, 1.82) is 0 Å². The Bertz CT molecular complexity index is 345. The van der Waals surface area contributed by atoms with Gasteiger partial charge in [-0.15, -0.1) is 0 Å². The molecule has 0 aromatic carbocycles. The molecule has 0 aromatic rings. The fraction of sp³-hybridized carbons (Fsp3) is 0.733. The number of hydrogen-bond acceptors (Lipinski definition) is 3. The minimum Gasteiger partial charge on any atom is -0.464 e. The van der Waals surface area contributed by atoms with Crippen molar-refractivity contribution in [3.05, 3.63) is 11.6 Å². The van der Waals surface area contributed by atoms with Crippen molar-refractivity contribution in [3.63, 3.8) is 0 Å². The lowest BCUT2D eigenvalue weighted by Crippen LogP contribution is -2.34. The summed E-state index contributed by atoms with van der Waals surface area (Å²) in [6.07, 6.45) is 6.30. The van der Waals surface area contributed by atoms with E-state index in [-0.39, 0.29) is 11.9 Å². The molecular weight excluding hydrogens is 242 g/mol. The third-order valence-electron chi connectivity index (χ3n) is 3.35. The highest BCUT2D eigenvalue weighted by Gasteiger charge is 2.28. The van der Waals surface area contributed by atoms with E-state index >= 15 is 0 Å². The smallest absolute Gasteiger partial charge is 0.328 e. The first kappa shape index (κ1) is 15.7. The molecule has 1 unspecified atom stereocenters. The van der Waals surface area contributed by atoms with Gasteiger partial charge in [-0.05, 0) is 45.4 Å². The number of carbonyl (C=O) groups excluding carboxylic acids is 2. The molecule has 0 bridgehead atoms. The van der Waals surface area contributed by atoms with Crippen LogP contribution in [0.5, 0.6) is 0 Å². The molecule has 0 spiro atoms. The number of ether oxygens (including phenoxy) is 1. The summed E-state index contributed by atoms with van der Waals surface area (Å²) in [5.41, 5.74) is 1.34. The van der Waals surface area contributed by atoms with Crippen LogP contribution in [0.4, 0.5) is 0 Å². The van der Waals surface area contributed by atoms with E-state index in [0.717, 1.165) is 19.3 Å². The molecule has 1 heterocycles. The molecule has 1 saturated heterocycles. The highest BCUT2D eigenvalue weighted by Crippen LogP contribution is 2.13. The van der Waals surface area contributed by atoms with Crippen LogP contribution in [0.3, 0.4) is 0 Å². The van der Waals surface area contributed by atoms with E-state index < -0.39 is 6.04 Å². The van der Waals surface area contributed by atoms with Gasteiger partial charge in [-0.1, -0.05) is 18.6 Å². The van der Waals surface area contributed by atoms with Gasteiger partial charge in [-0.25, -0.2) is 4.79 Å². The van der Waals surface area contributed by atoms with Crippen molar-refractivity contribution in [2.24, 2.45) is 5.92 Å². The van der Waals surface area contributed by atoms with Crippen LogP contribution in [-0.4, -0.2) is 24.5 Å². The molecule has 4 heteroatoms. The van der Waals surface area contributed by atoms with Gasteiger partial charge in [-0.2, -0.15) is 0 Å². The number of rotatable bonds is 7. The predicted molar refractivity (Wildman–Crippen MR) is 74.6 cm³/mol. The molecule has 1 aliphatic rings. The fourth-order valence-corrected chi connectivity index (χ4v) is 2.05. The molecule has 2 atom stereocenters. The van der Waals surface area contributed by atoms with Crippen molar-refractivity contribution in [2.45, 2.75) is 58.9 Å². The van der Waals surface area contributed by atoms with Crippen molar-refractivity contribution in [2.75, 3.05) is 6.61 Å². The van der Waals surface area contributed by atoms with Gasteiger partial charge in [0.15, 0.2) is 0 Å². The van der Waals surface area contributed by atoms with Crippen molar-refractivity contribution in [3.8, 4) is 0 Å². The minimum absolute atomic E-state index is 0.0583. The summed E-state index contributed by atoms with van der Waals surface area (Å²) in [4.78, 5) is 22.6. The maximum absolute atomic E-state index is 11.6. The molecule has 1 aliphatic heterocycles. The van der Waals surface area contributed by atoms with Crippen molar-refractivity contribution < 1.29 is 14.3 Å². The summed E-state index contributed by atoms with van der Waals surface area (Å²) < 4.78 is 5.20. The number of hydrogen-bond donors (Lipinski definition) is 1. The first-order valence-electron chi connectivity index (χ1n) is 7.08. The van der Waals surface area contributed by atoms with Crippen LogP contribution >= 0.6 is 0 Å². The third kappa shape index (κ3) is 6.41. The standard InChI is InChI=1S/C15H25NO3/c1-11(2)5-4-6-12(3)9-10-19-15(18)13-7-8-14(17)16-13/h5,12-13H,4,6-10H2,1-3H3,(H,16,17)/t12?,13-/m0/s1. The van der Waals surface area contributed by atoms with E-state index in [0.29, 0.717) is 25.4 Å². The predicted octanol–water partition coefficient (Wildman–Crippen LogP) is 2.58. The van der Waals surface area contributed by atoms with Gasteiger partial charge in [0.1, 0.15) is 6.04 Å². The van der Waals surface area contributed by atoms with E-state index in [4.69, 9.17) is 4.74 Å². The molecule has 0 aliphatic carbocycles. The van der Waals surface area contributed by atoms with Gasteiger partial charge in [0.05, 0.1) is 6.61 Å². The summed E-state index contributed by atoms with van der Waals surface area (Å²) in [5, 5.41) is 2.62. The van der Waals surface area contributed by atoms with Crippen LogP contribution in [0.1, 0.15) is 52.9 Å². The maximum atomic E-state index is 11.6. The first-order chi connectivity index (χ1) is 8.99. The van der Waals surface area contributed by atoms with Crippen LogP contribution in [0.25, 0.3) is 0 Å². The summed E-state index contributed by atoms with van der Waals surface area (Å²) in [6.45, 7) is 6.82. The molecule has 0 saturated carbocycles. The molecule has 1 fully saturated rings. The highest BCUT2D eigenvalue weighted by atomic mass is 16.5. The second-order valence-corrected chi connectivity index (χ2v) is 5.58. The molecule has 4 nitrogen and oxygen atoms in total. The molecule has 0 aromatic heterocycles. The van der Waals surface area contributed by atoms with Gasteiger partial charge in [-0.3, -0.25) is 4.79 Å². The molecule has 19 heavy (non-hydrogen) atoms. The highest BCUT2D eigenvalue weighted by molar-refractivity contribution is 5.87. The van der Waals surface area contributed by atoms with E-state index in [1.807, 2.05) is 0 Å². The van der Waals surface area contributed by atoms with Gasteiger partial charge < -0.3 is 10.1 Å². The average molecular weight is 267 g/mol. The second kappa shape index (κ2) is 7.97. The number of nitrogens with one attached hydrogen (secondary N) is 1. The van der Waals surface area contributed by atoms with E-state index in [2.05, 4.69) is 32.2 Å². The Morgan fingerprint density at radius 1 is 1.47 bits per heavy atom. The molecule has 108 valence electrons. The number of allylic oxidation sites excluding steroid dienone is 2. The van der Waals surface area contributed by atoms with Gasteiger partial charge in [0.25, 0.3) is 0 Å². The number of amides is 1. The van der Waals surface area contributed by atoms with Crippen LogP contribution in [0.15, 0.2) is 11.6 Å². The monoisotopic (exact) mass is 267 g/mol. The lowest BCUT2D eigenvalue weighted by Gasteiger charge is -2.13. The summed E-state index contributed by atoms with van der Waals surface area (Å²) in [7, 11) is 0. The van der Waals surface area contributed by atoms with Gasteiger partial charge >= 0.3 is 5.97 Å². The Labute approximate surface area is 115 Å². The maximum Gasteiger partial charge on any atom is 0.328 e. The Kier molecular flexibility index (Phi) is 6.60. The minimum atomic E-state index is -0.423. The lowest BCUT2D eigenvalue weighted by molar-refractivity contribution is -0.146. The normalized spacial score (nSPS) is 19.7. The molecule has 1 rings (SSSR count). The third-order valence-corrected chi connectivity index (χ3v) is 3.35. The molecule has 1 amide bonds. The molecule has 1 N–H and O–H groups in total. The number of esters is 1. The zero-order chi connectivity index (χ0) is 14.3.